The number of hydrogen-bond donors (Lipinski definition) is 3. The van der Waals surface area contributed by atoms with Gasteiger partial charge in [-0.15, -0.1) is 13.2 Å². The predicted molar refractivity (Wildman–Crippen MR) is 108 cm³/mol. The largest absolute Gasteiger partial charge is 0.573 e. The molecule has 1 amide bonds. The summed E-state index contributed by atoms with van der Waals surface area (Å²) in [6, 6.07) is 15.7. The molecule has 0 radical (unpaired) electrons. The maximum Gasteiger partial charge on any atom is 0.573 e. The van der Waals surface area contributed by atoms with Crippen LogP contribution in [0, 0.1) is 0 Å². The summed E-state index contributed by atoms with van der Waals surface area (Å²) in [6.45, 7) is 0.600. The molecule has 0 fully saturated rings. The van der Waals surface area contributed by atoms with E-state index in [4.69, 9.17) is 10.2 Å². The van der Waals surface area contributed by atoms with Crippen molar-refractivity contribution in [3.63, 3.8) is 0 Å². The normalized spacial score (nSPS) is 11.8. The molecule has 0 saturated carbocycles. The number of halogens is 3. The SMILES string of the molecule is NC(=NCc1ccc(OC(F)(F)F)cc1)NCc1ccc(NC(=O)c2ccco2)cc1. The number of nitrogens with zero attached hydrogens (tertiary/aromatic N) is 1. The van der Waals surface area contributed by atoms with Crippen LogP contribution in [0.4, 0.5) is 18.9 Å². The van der Waals surface area contributed by atoms with Gasteiger partial charge in [-0.3, -0.25) is 4.79 Å². The summed E-state index contributed by atoms with van der Waals surface area (Å²) in [7, 11) is 0. The van der Waals surface area contributed by atoms with Gasteiger partial charge >= 0.3 is 6.36 Å². The fraction of sp³-hybridized carbons (Fsp3) is 0.143. The van der Waals surface area contributed by atoms with Crippen molar-refractivity contribution in [3.8, 4) is 5.75 Å². The zero-order valence-corrected chi connectivity index (χ0v) is 16.1. The number of carbonyl (C=O) groups is 1. The first-order valence-corrected chi connectivity index (χ1v) is 9.11. The number of carbonyl (C=O) groups excluding carboxylic acids is 1. The number of hydrogen-bond acceptors (Lipinski definition) is 4. The molecular weight excluding hydrogens is 413 g/mol. The van der Waals surface area contributed by atoms with Gasteiger partial charge in [-0.1, -0.05) is 24.3 Å². The molecule has 0 bridgehead atoms. The number of furan rings is 1. The van der Waals surface area contributed by atoms with E-state index in [9.17, 15) is 18.0 Å². The highest BCUT2D eigenvalue weighted by Crippen LogP contribution is 2.22. The van der Waals surface area contributed by atoms with Crippen LogP contribution in [-0.4, -0.2) is 18.2 Å². The third-order valence-corrected chi connectivity index (χ3v) is 4.02. The van der Waals surface area contributed by atoms with Crippen LogP contribution in [0.15, 0.2) is 76.3 Å². The van der Waals surface area contributed by atoms with Gasteiger partial charge in [0.2, 0.25) is 0 Å². The van der Waals surface area contributed by atoms with E-state index in [-0.39, 0.29) is 29.9 Å². The van der Waals surface area contributed by atoms with E-state index in [0.717, 1.165) is 5.56 Å². The number of nitrogens with one attached hydrogen (secondary N) is 2. The monoisotopic (exact) mass is 432 g/mol. The molecule has 0 atom stereocenters. The molecule has 1 heterocycles. The zero-order valence-electron chi connectivity index (χ0n) is 16.1. The van der Waals surface area contributed by atoms with Crippen molar-refractivity contribution in [1.82, 2.24) is 5.32 Å². The number of guanidine groups is 1. The number of aliphatic imine (C=N–C) groups is 1. The van der Waals surface area contributed by atoms with Crippen LogP contribution in [0.25, 0.3) is 0 Å². The van der Waals surface area contributed by atoms with E-state index in [1.165, 1.54) is 30.5 Å². The zero-order chi connectivity index (χ0) is 22.3. The quantitative estimate of drug-likeness (QED) is 0.386. The van der Waals surface area contributed by atoms with E-state index >= 15 is 0 Å². The van der Waals surface area contributed by atoms with Gasteiger partial charge in [0.15, 0.2) is 11.7 Å². The van der Waals surface area contributed by atoms with Crippen LogP contribution in [0.5, 0.6) is 5.75 Å². The summed E-state index contributed by atoms with van der Waals surface area (Å²) in [5, 5.41) is 5.66. The van der Waals surface area contributed by atoms with Crippen LogP contribution in [-0.2, 0) is 13.1 Å². The smallest absolute Gasteiger partial charge is 0.459 e. The maximum absolute atomic E-state index is 12.2. The average molecular weight is 432 g/mol. The highest BCUT2D eigenvalue weighted by atomic mass is 19.4. The lowest BCUT2D eigenvalue weighted by atomic mass is 10.2. The number of benzene rings is 2. The topological polar surface area (TPSA) is 102 Å². The van der Waals surface area contributed by atoms with Gasteiger partial charge in [0, 0.05) is 12.2 Å². The minimum Gasteiger partial charge on any atom is -0.459 e. The minimum absolute atomic E-state index is 0.186. The second-order valence-electron chi connectivity index (χ2n) is 6.38. The number of amides is 1. The molecule has 0 aliphatic carbocycles. The average Bonchev–Trinajstić information content (AvgIpc) is 3.27. The molecular formula is C21H19F3N4O3. The van der Waals surface area contributed by atoms with Gasteiger partial charge in [-0.05, 0) is 47.5 Å². The summed E-state index contributed by atoms with van der Waals surface area (Å²) in [6.07, 6.45) is -3.30. The second-order valence-corrected chi connectivity index (χ2v) is 6.38. The van der Waals surface area contributed by atoms with Crippen molar-refractivity contribution >= 4 is 17.6 Å². The van der Waals surface area contributed by atoms with Gasteiger partial charge < -0.3 is 25.5 Å². The highest BCUT2D eigenvalue weighted by Gasteiger charge is 2.30. The Balaban J connectivity index is 1.46. The number of ether oxygens (including phenoxy) is 1. The van der Waals surface area contributed by atoms with Gasteiger partial charge in [0.05, 0.1) is 12.8 Å². The molecule has 4 N–H and O–H groups in total. The standard InChI is InChI=1S/C21H19F3N4O3/c22-21(23,24)31-17-9-5-15(6-10-17)13-27-20(25)26-12-14-3-7-16(8-4-14)28-19(29)18-2-1-11-30-18/h1-11H,12-13H2,(H,28,29)(H3,25,26,27). The van der Waals surface area contributed by atoms with Gasteiger partial charge in [0.1, 0.15) is 5.75 Å². The lowest BCUT2D eigenvalue weighted by Crippen LogP contribution is -2.31. The molecule has 2 aromatic carbocycles. The Morgan fingerprint density at radius 2 is 1.71 bits per heavy atom. The fourth-order valence-corrected chi connectivity index (χ4v) is 2.53. The first-order chi connectivity index (χ1) is 14.8. The Bertz CT molecular complexity index is 1020. The van der Waals surface area contributed by atoms with Crippen molar-refractivity contribution in [1.29, 1.82) is 0 Å². The van der Waals surface area contributed by atoms with Crippen LogP contribution in [0.1, 0.15) is 21.7 Å². The Kier molecular flexibility index (Phi) is 6.81. The first kappa shape index (κ1) is 21.8. The fourth-order valence-electron chi connectivity index (χ4n) is 2.53. The molecule has 3 rings (SSSR count). The Morgan fingerprint density at radius 3 is 2.32 bits per heavy atom. The van der Waals surface area contributed by atoms with Crippen molar-refractivity contribution < 1.29 is 27.1 Å². The Hall–Kier alpha value is -3.95. The molecule has 10 heteroatoms. The number of anilines is 1. The lowest BCUT2D eigenvalue weighted by Gasteiger charge is -2.09. The van der Waals surface area contributed by atoms with E-state index in [2.05, 4.69) is 20.4 Å². The van der Waals surface area contributed by atoms with E-state index in [0.29, 0.717) is 17.8 Å². The number of rotatable bonds is 7. The Morgan fingerprint density at radius 1 is 1.03 bits per heavy atom. The molecule has 0 aliphatic rings. The third-order valence-electron chi connectivity index (χ3n) is 4.02. The van der Waals surface area contributed by atoms with E-state index in [1.807, 2.05) is 12.1 Å². The van der Waals surface area contributed by atoms with E-state index in [1.54, 1.807) is 24.3 Å². The third kappa shape index (κ3) is 7.11. The van der Waals surface area contributed by atoms with Crippen LogP contribution >= 0.6 is 0 Å². The van der Waals surface area contributed by atoms with Crippen LogP contribution in [0.2, 0.25) is 0 Å². The summed E-state index contributed by atoms with van der Waals surface area (Å²) < 4.78 is 45.3. The van der Waals surface area contributed by atoms with Crippen molar-refractivity contribution in [3.05, 3.63) is 83.8 Å². The Labute approximate surface area is 175 Å². The summed E-state index contributed by atoms with van der Waals surface area (Å²) in [5.41, 5.74) is 8.03. The first-order valence-electron chi connectivity index (χ1n) is 9.11. The van der Waals surface area contributed by atoms with Crippen molar-refractivity contribution in [2.24, 2.45) is 10.7 Å². The molecule has 3 aromatic rings. The summed E-state index contributed by atoms with van der Waals surface area (Å²) >= 11 is 0. The summed E-state index contributed by atoms with van der Waals surface area (Å²) in [5.74, 6) is -0.233. The van der Waals surface area contributed by atoms with Crippen LogP contribution in [0.3, 0.4) is 0 Å². The van der Waals surface area contributed by atoms with Crippen LogP contribution < -0.4 is 21.1 Å². The molecule has 0 aliphatic heterocycles. The molecule has 0 unspecified atom stereocenters. The second kappa shape index (κ2) is 9.70. The molecule has 1 aromatic heterocycles. The molecule has 7 nitrogen and oxygen atoms in total. The molecule has 0 saturated heterocycles. The van der Waals surface area contributed by atoms with E-state index < -0.39 is 6.36 Å². The number of nitrogens with two attached hydrogens (primary N) is 1. The van der Waals surface area contributed by atoms with Gasteiger partial charge in [-0.25, -0.2) is 4.99 Å². The lowest BCUT2D eigenvalue weighted by molar-refractivity contribution is -0.274. The van der Waals surface area contributed by atoms with Crippen molar-refractivity contribution in [2.75, 3.05) is 5.32 Å². The number of alkyl halides is 3. The maximum atomic E-state index is 12.2. The molecule has 31 heavy (non-hydrogen) atoms. The van der Waals surface area contributed by atoms with Gasteiger partial charge in [0.25, 0.3) is 5.91 Å². The highest BCUT2D eigenvalue weighted by molar-refractivity contribution is 6.02. The molecule has 0 spiro atoms. The predicted octanol–water partition coefficient (Wildman–Crippen LogP) is 4.04. The van der Waals surface area contributed by atoms with Gasteiger partial charge in [-0.2, -0.15) is 0 Å². The minimum atomic E-state index is -4.72. The molecule has 162 valence electrons. The summed E-state index contributed by atoms with van der Waals surface area (Å²) in [4.78, 5) is 16.1. The van der Waals surface area contributed by atoms with Crippen molar-refractivity contribution in [2.45, 2.75) is 19.5 Å².